The fourth-order valence-corrected chi connectivity index (χ4v) is 1.74. The highest BCUT2D eigenvalue weighted by Crippen LogP contribution is 2.09. The summed E-state index contributed by atoms with van der Waals surface area (Å²) in [4.78, 5) is 0. The van der Waals surface area contributed by atoms with E-state index in [-0.39, 0.29) is 12.4 Å². The van der Waals surface area contributed by atoms with E-state index in [9.17, 15) is 8.78 Å². The van der Waals surface area contributed by atoms with Crippen molar-refractivity contribution in [2.75, 3.05) is 6.54 Å². The van der Waals surface area contributed by atoms with Crippen LogP contribution in [0.3, 0.4) is 0 Å². The minimum atomic E-state index is -0.522. The van der Waals surface area contributed by atoms with Gasteiger partial charge < -0.3 is 5.32 Å². The Morgan fingerprint density at radius 1 is 1.06 bits per heavy atom. The monoisotopic (exact) mass is 277 g/mol. The Kier molecular flexibility index (Phi) is 9.89. The molecule has 0 saturated heterocycles. The molecule has 0 aliphatic carbocycles. The Bertz CT molecular complexity index is 332. The molecular weight excluding hydrogens is 256 g/mol. The molecule has 1 aromatic carbocycles. The zero-order valence-corrected chi connectivity index (χ0v) is 11.7. The summed E-state index contributed by atoms with van der Waals surface area (Å²) >= 11 is 0. The number of halogens is 3. The number of hydrogen-bond acceptors (Lipinski definition) is 1. The molecule has 0 spiro atoms. The maximum atomic E-state index is 13.2. The summed E-state index contributed by atoms with van der Waals surface area (Å²) in [6.45, 7) is 3.55. The average Bonchev–Trinajstić information content (AvgIpc) is 2.30. The summed E-state index contributed by atoms with van der Waals surface area (Å²) in [6, 6.07) is 3.72. The predicted octanol–water partition coefficient (Wildman–Crippen LogP) is 4.45. The van der Waals surface area contributed by atoms with E-state index in [4.69, 9.17) is 0 Å². The molecule has 18 heavy (non-hydrogen) atoms. The maximum Gasteiger partial charge on any atom is 0.130 e. The van der Waals surface area contributed by atoms with Crippen LogP contribution in [0, 0.1) is 11.6 Å². The van der Waals surface area contributed by atoms with Gasteiger partial charge in [0.05, 0.1) is 0 Å². The summed E-state index contributed by atoms with van der Waals surface area (Å²) in [5.41, 5.74) is 0.528. The van der Waals surface area contributed by atoms with Crippen molar-refractivity contribution in [3.63, 3.8) is 0 Å². The first-order valence-corrected chi connectivity index (χ1v) is 6.38. The van der Waals surface area contributed by atoms with E-state index >= 15 is 0 Å². The molecule has 104 valence electrons. The Morgan fingerprint density at radius 2 is 1.78 bits per heavy atom. The van der Waals surface area contributed by atoms with Gasteiger partial charge in [0.2, 0.25) is 0 Å². The summed E-state index contributed by atoms with van der Waals surface area (Å²) in [6.07, 6.45) is 6.12. The molecule has 0 atom stereocenters. The van der Waals surface area contributed by atoms with Crippen LogP contribution >= 0.6 is 12.4 Å². The Morgan fingerprint density at radius 3 is 2.44 bits per heavy atom. The first-order chi connectivity index (χ1) is 8.24. The number of unbranched alkanes of at least 4 members (excludes halogenated alkanes) is 4. The van der Waals surface area contributed by atoms with Gasteiger partial charge in [-0.3, -0.25) is 0 Å². The lowest BCUT2D eigenvalue weighted by Gasteiger charge is -2.06. The van der Waals surface area contributed by atoms with E-state index in [1.807, 2.05) is 0 Å². The van der Waals surface area contributed by atoms with Crippen LogP contribution in [0.25, 0.3) is 0 Å². The van der Waals surface area contributed by atoms with Crippen molar-refractivity contribution in [2.24, 2.45) is 0 Å². The third-order valence-corrected chi connectivity index (χ3v) is 2.79. The molecule has 0 heterocycles. The van der Waals surface area contributed by atoms with Gasteiger partial charge in [-0.05, 0) is 19.0 Å². The van der Waals surface area contributed by atoms with Crippen molar-refractivity contribution in [1.29, 1.82) is 0 Å². The molecule has 1 N–H and O–H groups in total. The van der Waals surface area contributed by atoms with Crippen molar-refractivity contribution >= 4 is 12.4 Å². The second kappa shape index (κ2) is 10.3. The van der Waals surface area contributed by atoms with Crippen molar-refractivity contribution in [3.8, 4) is 0 Å². The number of hydrogen-bond donors (Lipinski definition) is 1. The van der Waals surface area contributed by atoms with Crippen LogP contribution in [0.4, 0.5) is 8.78 Å². The summed E-state index contributed by atoms with van der Waals surface area (Å²) < 4.78 is 25.9. The van der Waals surface area contributed by atoms with Crippen LogP contribution in [0.1, 0.15) is 44.6 Å². The zero-order valence-electron chi connectivity index (χ0n) is 10.8. The summed E-state index contributed by atoms with van der Waals surface area (Å²) in [5.74, 6) is -0.991. The first-order valence-electron chi connectivity index (χ1n) is 6.38. The lowest BCUT2D eigenvalue weighted by atomic mass is 10.1. The van der Waals surface area contributed by atoms with E-state index in [0.29, 0.717) is 12.1 Å². The highest BCUT2D eigenvalue weighted by atomic mass is 35.5. The number of benzene rings is 1. The second-order valence-corrected chi connectivity index (χ2v) is 4.33. The molecule has 0 saturated carbocycles. The van der Waals surface area contributed by atoms with Crippen molar-refractivity contribution in [2.45, 2.75) is 45.6 Å². The minimum absolute atomic E-state index is 0. The van der Waals surface area contributed by atoms with E-state index in [1.165, 1.54) is 37.8 Å². The lowest BCUT2D eigenvalue weighted by molar-refractivity contribution is 0.548. The van der Waals surface area contributed by atoms with Gasteiger partial charge in [0, 0.05) is 18.2 Å². The van der Waals surface area contributed by atoms with Crippen LogP contribution in [0.15, 0.2) is 18.2 Å². The Hall–Kier alpha value is -0.670. The van der Waals surface area contributed by atoms with Gasteiger partial charge in [0.1, 0.15) is 11.6 Å². The Balaban J connectivity index is 0.00000289. The molecule has 0 aliphatic rings. The molecule has 0 aliphatic heterocycles. The number of rotatable bonds is 8. The molecule has 1 nitrogen and oxygen atoms in total. The van der Waals surface area contributed by atoms with Crippen LogP contribution < -0.4 is 5.32 Å². The Labute approximate surface area is 114 Å². The number of nitrogens with one attached hydrogen (secondary N) is 1. The fraction of sp³-hybridized carbons (Fsp3) is 0.571. The smallest absolute Gasteiger partial charge is 0.130 e. The van der Waals surface area contributed by atoms with Gasteiger partial charge in [-0.1, -0.05) is 38.7 Å². The molecule has 0 fully saturated rings. The highest BCUT2D eigenvalue weighted by Gasteiger charge is 2.02. The van der Waals surface area contributed by atoms with Crippen molar-refractivity contribution in [3.05, 3.63) is 35.4 Å². The third kappa shape index (κ3) is 6.92. The van der Waals surface area contributed by atoms with Gasteiger partial charge in [0.25, 0.3) is 0 Å². The lowest BCUT2D eigenvalue weighted by Crippen LogP contribution is -2.15. The summed E-state index contributed by atoms with van der Waals surface area (Å²) in [5, 5.41) is 3.18. The van der Waals surface area contributed by atoms with Crippen LogP contribution in [0.2, 0.25) is 0 Å². The van der Waals surface area contributed by atoms with Crippen molar-refractivity contribution < 1.29 is 8.78 Å². The summed E-state index contributed by atoms with van der Waals surface area (Å²) in [7, 11) is 0. The van der Waals surface area contributed by atoms with E-state index in [1.54, 1.807) is 0 Å². The fourth-order valence-electron chi connectivity index (χ4n) is 1.74. The predicted molar refractivity (Wildman–Crippen MR) is 74.1 cm³/mol. The van der Waals surface area contributed by atoms with Gasteiger partial charge in [-0.15, -0.1) is 12.4 Å². The highest BCUT2D eigenvalue weighted by molar-refractivity contribution is 5.85. The molecule has 4 heteroatoms. The molecule has 0 bridgehead atoms. The van der Waals surface area contributed by atoms with Gasteiger partial charge in [0.15, 0.2) is 0 Å². The zero-order chi connectivity index (χ0) is 12.5. The molecule has 0 amide bonds. The van der Waals surface area contributed by atoms with Gasteiger partial charge >= 0.3 is 0 Å². The van der Waals surface area contributed by atoms with Gasteiger partial charge in [-0.2, -0.15) is 0 Å². The normalized spacial score (nSPS) is 10.2. The topological polar surface area (TPSA) is 12.0 Å². The molecule has 1 aromatic rings. The second-order valence-electron chi connectivity index (χ2n) is 4.33. The molecule has 0 aromatic heterocycles. The molecular formula is C14H22ClF2N. The molecule has 1 rings (SSSR count). The van der Waals surface area contributed by atoms with Crippen LogP contribution in [-0.4, -0.2) is 6.54 Å². The van der Waals surface area contributed by atoms with Crippen molar-refractivity contribution in [1.82, 2.24) is 5.32 Å². The third-order valence-electron chi connectivity index (χ3n) is 2.79. The first kappa shape index (κ1) is 17.3. The van der Waals surface area contributed by atoms with Crippen LogP contribution in [0.5, 0.6) is 0 Å². The largest absolute Gasteiger partial charge is 0.313 e. The quantitative estimate of drug-likeness (QED) is 0.693. The maximum absolute atomic E-state index is 13.2. The van der Waals surface area contributed by atoms with Crippen LogP contribution in [-0.2, 0) is 6.54 Å². The average molecular weight is 278 g/mol. The molecule has 0 unspecified atom stereocenters. The standard InChI is InChI=1S/C14H21F2N.ClH/c1-2-3-4-5-6-9-17-11-12-7-8-13(15)10-14(12)16;/h7-8,10,17H,2-6,9,11H2,1H3;1H. The van der Waals surface area contributed by atoms with E-state index in [2.05, 4.69) is 12.2 Å². The van der Waals surface area contributed by atoms with Gasteiger partial charge in [-0.25, -0.2) is 8.78 Å². The minimum Gasteiger partial charge on any atom is -0.313 e. The SMILES string of the molecule is CCCCCCCNCc1ccc(F)cc1F.Cl. The van der Waals surface area contributed by atoms with E-state index < -0.39 is 11.6 Å². The van der Waals surface area contributed by atoms with E-state index in [0.717, 1.165) is 19.0 Å². The molecule has 0 radical (unpaired) electrons.